The molecule has 1 amide bonds. The van der Waals surface area contributed by atoms with Crippen LogP contribution in [0.1, 0.15) is 27.7 Å². The van der Waals surface area contributed by atoms with E-state index in [0.717, 1.165) is 0 Å². The molecule has 0 aromatic rings. The van der Waals surface area contributed by atoms with E-state index in [-0.39, 0.29) is 11.8 Å². The Balaban J connectivity index is 4.80. The summed E-state index contributed by atoms with van der Waals surface area (Å²) in [4.78, 5) is 36.2. The Kier molecular flexibility index (Phi) is 6.13. The van der Waals surface area contributed by atoms with Crippen LogP contribution in [0, 0.1) is 11.8 Å². The van der Waals surface area contributed by atoms with Crippen LogP contribution in [0.5, 0.6) is 0 Å². The normalized spacial score (nSPS) is 14.0. The molecule has 0 aliphatic carbocycles. The first-order chi connectivity index (χ1) is 7.81. The van der Waals surface area contributed by atoms with Crippen molar-refractivity contribution >= 4 is 18.0 Å². The summed E-state index contributed by atoms with van der Waals surface area (Å²) in [6.45, 7) is 6.81. The molecule has 0 rings (SSSR count). The number of rotatable bonds is 6. The minimum absolute atomic E-state index is 0.196. The third-order valence-electron chi connectivity index (χ3n) is 2.32. The van der Waals surface area contributed by atoms with Crippen molar-refractivity contribution < 1.29 is 19.5 Å². The molecule has 0 aliphatic rings. The second-order valence-corrected chi connectivity index (χ2v) is 4.48. The molecule has 17 heavy (non-hydrogen) atoms. The van der Waals surface area contributed by atoms with Gasteiger partial charge in [0.05, 0.1) is 0 Å². The van der Waals surface area contributed by atoms with Crippen LogP contribution in [-0.4, -0.2) is 35.1 Å². The molecule has 0 fully saturated rings. The Hall–Kier alpha value is -1.68. The summed E-state index contributed by atoms with van der Waals surface area (Å²) in [5.41, 5.74) is 0. The smallest absolute Gasteiger partial charge is 0.326 e. The first-order valence-electron chi connectivity index (χ1n) is 5.41. The molecular weight excluding hydrogens is 224 g/mol. The summed E-state index contributed by atoms with van der Waals surface area (Å²) < 4.78 is 0. The van der Waals surface area contributed by atoms with Gasteiger partial charge in [-0.3, -0.25) is 4.79 Å². The Morgan fingerprint density at radius 3 is 2.00 bits per heavy atom. The number of carbonyl (C=O) groups is 2. The molecule has 0 unspecified atom stereocenters. The number of carboxylic acid groups (broad SMARTS) is 1. The van der Waals surface area contributed by atoms with Gasteiger partial charge in [0.2, 0.25) is 12.0 Å². The van der Waals surface area contributed by atoms with Crippen molar-refractivity contribution in [2.24, 2.45) is 16.8 Å². The van der Waals surface area contributed by atoms with Crippen molar-refractivity contribution in [1.29, 1.82) is 0 Å². The predicted molar refractivity (Wildman–Crippen MR) is 61.2 cm³/mol. The molecule has 0 aromatic carbocycles. The van der Waals surface area contributed by atoms with Crippen molar-refractivity contribution in [1.82, 2.24) is 5.32 Å². The van der Waals surface area contributed by atoms with Gasteiger partial charge in [0.15, 0.2) is 0 Å². The average Bonchev–Trinajstić information content (AvgIpc) is 2.20. The van der Waals surface area contributed by atoms with Crippen LogP contribution in [0.2, 0.25) is 0 Å². The van der Waals surface area contributed by atoms with Gasteiger partial charge in [-0.05, 0) is 11.8 Å². The summed E-state index contributed by atoms with van der Waals surface area (Å²) in [5, 5.41) is 11.3. The zero-order valence-electron chi connectivity index (χ0n) is 10.4. The highest BCUT2D eigenvalue weighted by atomic mass is 16.4. The number of nitrogens with zero attached hydrogens (tertiary/aromatic N) is 1. The zero-order chi connectivity index (χ0) is 13.6. The molecule has 0 heterocycles. The van der Waals surface area contributed by atoms with Crippen molar-refractivity contribution in [2.45, 2.75) is 39.8 Å². The molecule has 6 heteroatoms. The van der Waals surface area contributed by atoms with Gasteiger partial charge in [0.1, 0.15) is 12.1 Å². The van der Waals surface area contributed by atoms with E-state index in [1.807, 2.05) is 0 Å². The maximum atomic E-state index is 11.7. The third kappa shape index (κ3) is 4.78. The third-order valence-corrected chi connectivity index (χ3v) is 2.32. The lowest BCUT2D eigenvalue weighted by Crippen LogP contribution is -2.48. The van der Waals surface area contributed by atoms with Crippen LogP contribution in [0.3, 0.4) is 0 Å². The summed E-state index contributed by atoms with van der Waals surface area (Å²) in [5.74, 6) is -2.11. The molecule has 2 atom stereocenters. The highest BCUT2D eigenvalue weighted by Gasteiger charge is 2.28. The number of carboxylic acids is 1. The first-order valence-corrected chi connectivity index (χ1v) is 5.41. The van der Waals surface area contributed by atoms with Gasteiger partial charge in [0.25, 0.3) is 0 Å². The van der Waals surface area contributed by atoms with Crippen LogP contribution < -0.4 is 5.32 Å². The second kappa shape index (κ2) is 6.81. The van der Waals surface area contributed by atoms with Gasteiger partial charge in [-0.1, -0.05) is 27.7 Å². The minimum Gasteiger partial charge on any atom is -0.480 e. The van der Waals surface area contributed by atoms with Gasteiger partial charge >= 0.3 is 5.97 Å². The van der Waals surface area contributed by atoms with Gasteiger partial charge in [-0.25, -0.2) is 9.59 Å². The lowest BCUT2D eigenvalue weighted by Gasteiger charge is -2.21. The molecule has 0 bridgehead atoms. The van der Waals surface area contributed by atoms with Gasteiger partial charge in [0, 0.05) is 0 Å². The van der Waals surface area contributed by atoms with E-state index in [4.69, 9.17) is 5.11 Å². The van der Waals surface area contributed by atoms with Crippen molar-refractivity contribution in [2.75, 3.05) is 0 Å². The summed E-state index contributed by atoms with van der Waals surface area (Å²) in [7, 11) is 0. The van der Waals surface area contributed by atoms with Gasteiger partial charge < -0.3 is 10.4 Å². The Bertz CT molecular complexity index is 332. The summed E-state index contributed by atoms with van der Waals surface area (Å²) in [6, 6.07) is -1.88. The van der Waals surface area contributed by atoms with E-state index in [1.165, 1.54) is 6.08 Å². The average molecular weight is 242 g/mol. The predicted octanol–water partition coefficient (Wildman–Crippen LogP) is 0.572. The number of aliphatic carboxylic acids is 1. The quantitative estimate of drug-likeness (QED) is 0.525. The fraction of sp³-hybridized carbons (Fsp3) is 0.727. The Labute approximate surface area is 100 Å². The monoisotopic (exact) mass is 242 g/mol. The molecular formula is C11H18N2O4. The first kappa shape index (κ1) is 15.3. The van der Waals surface area contributed by atoms with E-state index in [2.05, 4.69) is 10.3 Å². The number of carbonyl (C=O) groups excluding carboxylic acids is 2. The molecule has 0 aliphatic heterocycles. The van der Waals surface area contributed by atoms with Crippen LogP contribution in [0.15, 0.2) is 4.99 Å². The highest BCUT2D eigenvalue weighted by molar-refractivity contribution is 5.87. The van der Waals surface area contributed by atoms with Crippen molar-refractivity contribution in [3.8, 4) is 0 Å². The van der Waals surface area contributed by atoms with E-state index >= 15 is 0 Å². The zero-order valence-corrected chi connectivity index (χ0v) is 10.4. The molecule has 6 nitrogen and oxygen atoms in total. The van der Waals surface area contributed by atoms with Crippen molar-refractivity contribution in [3.63, 3.8) is 0 Å². The summed E-state index contributed by atoms with van der Waals surface area (Å²) in [6.07, 6.45) is 1.33. The lowest BCUT2D eigenvalue weighted by molar-refractivity contribution is -0.143. The van der Waals surface area contributed by atoms with E-state index < -0.39 is 24.0 Å². The highest BCUT2D eigenvalue weighted by Crippen LogP contribution is 2.08. The van der Waals surface area contributed by atoms with Gasteiger partial charge in [-0.2, -0.15) is 4.99 Å². The molecule has 0 spiro atoms. The topological polar surface area (TPSA) is 95.8 Å². The number of isocyanates is 1. The van der Waals surface area contributed by atoms with Crippen LogP contribution in [0.4, 0.5) is 0 Å². The molecule has 0 radical (unpaired) electrons. The SMILES string of the molecule is CC(C)[C@H](N=C=O)C(=O)N[C@H](C(=O)O)C(C)C. The Morgan fingerprint density at radius 2 is 1.71 bits per heavy atom. The molecule has 0 saturated heterocycles. The van der Waals surface area contributed by atoms with Crippen LogP contribution in [0.25, 0.3) is 0 Å². The van der Waals surface area contributed by atoms with E-state index in [9.17, 15) is 14.4 Å². The van der Waals surface area contributed by atoms with Gasteiger partial charge in [-0.15, -0.1) is 0 Å². The fourth-order valence-corrected chi connectivity index (χ4v) is 1.32. The fourth-order valence-electron chi connectivity index (χ4n) is 1.32. The van der Waals surface area contributed by atoms with Crippen LogP contribution >= 0.6 is 0 Å². The summed E-state index contributed by atoms with van der Waals surface area (Å²) >= 11 is 0. The standard InChI is InChI=1S/C11H18N2O4/c1-6(2)8(12-5-14)10(15)13-9(7(3)4)11(16)17/h6-9H,1-4H3,(H,13,15)(H,16,17)/t8-,9-/m0/s1. The number of hydrogen-bond acceptors (Lipinski definition) is 4. The largest absolute Gasteiger partial charge is 0.480 e. The molecule has 96 valence electrons. The van der Waals surface area contributed by atoms with E-state index in [0.29, 0.717) is 0 Å². The molecule has 0 saturated carbocycles. The Morgan fingerprint density at radius 1 is 1.18 bits per heavy atom. The number of aliphatic imine (C=N–C) groups is 1. The van der Waals surface area contributed by atoms with Crippen LogP contribution in [-0.2, 0) is 14.4 Å². The maximum absolute atomic E-state index is 11.7. The molecule has 2 N–H and O–H groups in total. The number of hydrogen-bond donors (Lipinski definition) is 2. The second-order valence-electron chi connectivity index (χ2n) is 4.48. The van der Waals surface area contributed by atoms with E-state index in [1.54, 1.807) is 27.7 Å². The number of amides is 1. The van der Waals surface area contributed by atoms with Crippen molar-refractivity contribution in [3.05, 3.63) is 0 Å². The maximum Gasteiger partial charge on any atom is 0.326 e. The number of nitrogens with one attached hydrogen (secondary N) is 1. The lowest BCUT2D eigenvalue weighted by atomic mass is 10.0. The minimum atomic E-state index is -1.11. The molecule has 0 aromatic heterocycles.